The van der Waals surface area contributed by atoms with E-state index in [-0.39, 0.29) is 18.1 Å². The van der Waals surface area contributed by atoms with Gasteiger partial charge in [-0.15, -0.1) is 0 Å². The lowest BCUT2D eigenvalue weighted by Crippen LogP contribution is -2.67. The van der Waals surface area contributed by atoms with Crippen LogP contribution in [0, 0.1) is 11.8 Å². The zero-order valence-corrected chi connectivity index (χ0v) is 18.6. The second-order valence-electron chi connectivity index (χ2n) is 10.5. The van der Waals surface area contributed by atoms with Gasteiger partial charge in [-0.2, -0.15) is 0 Å². The zero-order chi connectivity index (χ0) is 21.3. The minimum absolute atomic E-state index is 0.0147. The topological polar surface area (TPSA) is 57.9 Å². The summed E-state index contributed by atoms with van der Waals surface area (Å²) in [6, 6.07) is 6.33. The second kappa shape index (κ2) is 6.97. The monoisotopic (exact) mass is 423 g/mol. The van der Waals surface area contributed by atoms with E-state index in [2.05, 4.69) is 33.5 Å². The fourth-order valence-corrected chi connectivity index (χ4v) is 6.10. The molecule has 4 aliphatic rings. The number of carbonyl (C=O) groups excluding carboxylic acids is 1. The van der Waals surface area contributed by atoms with E-state index in [9.17, 15) is 9.90 Å². The zero-order valence-electron chi connectivity index (χ0n) is 18.6. The third kappa shape index (κ3) is 3.10. The van der Waals surface area contributed by atoms with Crippen molar-refractivity contribution >= 4 is 16.8 Å². The van der Waals surface area contributed by atoms with Crippen molar-refractivity contribution in [2.75, 3.05) is 39.9 Å². The van der Waals surface area contributed by atoms with Gasteiger partial charge in [0.15, 0.2) is 0 Å². The number of ether oxygens (including phenoxy) is 1. The smallest absolute Gasteiger partial charge is 0.222 e. The van der Waals surface area contributed by atoms with Crippen molar-refractivity contribution in [2.24, 2.45) is 18.9 Å². The maximum atomic E-state index is 12.8. The van der Waals surface area contributed by atoms with Crippen molar-refractivity contribution in [2.45, 2.75) is 43.6 Å². The van der Waals surface area contributed by atoms with Gasteiger partial charge in [0.25, 0.3) is 0 Å². The van der Waals surface area contributed by atoms with Crippen LogP contribution >= 0.6 is 0 Å². The van der Waals surface area contributed by atoms with Gasteiger partial charge in [0.05, 0.1) is 25.3 Å². The molecule has 6 heteroatoms. The highest BCUT2D eigenvalue weighted by Crippen LogP contribution is 2.51. The Hall–Kier alpha value is -2.05. The highest BCUT2D eigenvalue weighted by atomic mass is 16.5. The molecule has 0 bridgehead atoms. The van der Waals surface area contributed by atoms with Crippen LogP contribution in [-0.4, -0.2) is 65.3 Å². The van der Waals surface area contributed by atoms with Gasteiger partial charge in [-0.1, -0.05) is 0 Å². The van der Waals surface area contributed by atoms with Crippen LogP contribution in [0.3, 0.4) is 0 Å². The number of likely N-dealkylation sites (tertiary alicyclic amines) is 1. The first-order valence-electron chi connectivity index (χ1n) is 11.8. The third-order valence-electron chi connectivity index (χ3n) is 8.11. The summed E-state index contributed by atoms with van der Waals surface area (Å²) in [4.78, 5) is 17.4. The number of hydrogen-bond acceptors (Lipinski definition) is 4. The molecule has 2 aromatic rings. The number of hydrogen-bond donors (Lipinski definition) is 1. The number of rotatable bonds is 6. The van der Waals surface area contributed by atoms with E-state index in [1.807, 2.05) is 6.07 Å². The van der Waals surface area contributed by atoms with Gasteiger partial charge in [0.1, 0.15) is 5.75 Å². The molecule has 1 atom stereocenters. The number of carbonyl (C=O) groups is 1. The summed E-state index contributed by atoms with van der Waals surface area (Å²) in [5.74, 6) is 2.57. The Morgan fingerprint density at radius 3 is 2.55 bits per heavy atom. The number of benzene rings is 1. The highest BCUT2D eigenvalue weighted by Gasteiger charge is 2.55. The number of nitrogens with zero attached hydrogens (tertiary/aromatic N) is 3. The average molecular weight is 424 g/mol. The molecule has 2 aliphatic carbocycles. The number of aromatic nitrogens is 1. The molecule has 0 radical (unpaired) electrons. The molecule has 3 fully saturated rings. The standard InChI is InChI=1S/C25H33N3O3/c1-26-20-10-18(31-2)7-8-19(20)23-24(26)21(12-29)27(11-17-5-6-17)13-25(23)14-28(15-25)22(30)9-16-3-4-16/h7-8,10,16-17,21,29H,3-6,9,11-15H2,1-2H3/t21-/m0/s1. The normalized spacial score (nSPS) is 25.0. The molecule has 31 heavy (non-hydrogen) atoms. The molecule has 1 aromatic heterocycles. The van der Waals surface area contributed by atoms with Gasteiger partial charge in [0, 0.05) is 62.2 Å². The van der Waals surface area contributed by atoms with Crippen LogP contribution in [0.1, 0.15) is 49.4 Å². The number of aliphatic hydroxyl groups excluding tert-OH is 1. The summed E-state index contributed by atoms with van der Waals surface area (Å²) >= 11 is 0. The number of methoxy groups -OCH3 is 1. The molecule has 1 aromatic carbocycles. The first kappa shape index (κ1) is 19.6. The Morgan fingerprint density at radius 2 is 1.90 bits per heavy atom. The van der Waals surface area contributed by atoms with E-state index >= 15 is 0 Å². The lowest BCUT2D eigenvalue weighted by Gasteiger charge is -2.56. The molecular weight excluding hydrogens is 390 g/mol. The number of aryl methyl sites for hydroxylation is 1. The van der Waals surface area contributed by atoms with Crippen LogP contribution in [0.15, 0.2) is 18.2 Å². The number of amides is 1. The third-order valence-corrected chi connectivity index (χ3v) is 8.11. The molecule has 6 nitrogen and oxygen atoms in total. The van der Waals surface area contributed by atoms with Crippen molar-refractivity contribution in [3.8, 4) is 5.75 Å². The Labute approximate surface area is 183 Å². The maximum Gasteiger partial charge on any atom is 0.222 e. The molecule has 166 valence electrons. The van der Waals surface area contributed by atoms with Gasteiger partial charge in [-0.05, 0) is 55.2 Å². The predicted octanol–water partition coefficient (Wildman–Crippen LogP) is 2.83. The van der Waals surface area contributed by atoms with Gasteiger partial charge >= 0.3 is 0 Å². The quantitative estimate of drug-likeness (QED) is 0.776. The Bertz CT molecular complexity index is 1030. The van der Waals surface area contributed by atoms with E-state index in [1.165, 1.54) is 42.3 Å². The van der Waals surface area contributed by atoms with Gasteiger partial charge < -0.3 is 19.3 Å². The number of aliphatic hydroxyl groups is 1. The van der Waals surface area contributed by atoms with E-state index in [0.29, 0.717) is 11.8 Å². The molecule has 2 saturated carbocycles. The Balaban J connectivity index is 1.43. The lowest BCUT2D eigenvalue weighted by atomic mass is 9.68. The van der Waals surface area contributed by atoms with Crippen LogP contribution < -0.4 is 4.74 Å². The molecule has 1 spiro atoms. The van der Waals surface area contributed by atoms with Crippen molar-refractivity contribution in [3.63, 3.8) is 0 Å². The minimum Gasteiger partial charge on any atom is -0.497 e. The van der Waals surface area contributed by atoms with E-state index < -0.39 is 0 Å². The number of fused-ring (bicyclic) bond motifs is 4. The lowest BCUT2D eigenvalue weighted by molar-refractivity contribution is -0.141. The van der Waals surface area contributed by atoms with Gasteiger partial charge in [-0.3, -0.25) is 9.69 Å². The molecule has 0 unspecified atom stereocenters. The summed E-state index contributed by atoms with van der Waals surface area (Å²) in [7, 11) is 3.82. The molecule has 2 aliphatic heterocycles. The first-order valence-corrected chi connectivity index (χ1v) is 11.8. The second-order valence-corrected chi connectivity index (χ2v) is 10.5. The fourth-order valence-electron chi connectivity index (χ4n) is 6.10. The van der Waals surface area contributed by atoms with Gasteiger partial charge in [0.2, 0.25) is 5.91 Å². The van der Waals surface area contributed by atoms with E-state index in [1.54, 1.807) is 7.11 Å². The summed E-state index contributed by atoms with van der Waals surface area (Å²) in [6.07, 6.45) is 5.75. The molecular formula is C25H33N3O3. The Kier molecular flexibility index (Phi) is 4.41. The molecule has 1 amide bonds. The summed E-state index contributed by atoms with van der Waals surface area (Å²) < 4.78 is 7.77. The fraction of sp³-hybridized carbons (Fsp3) is 0.640. The Morgan fingerprint density at radius 1 is 1.16 bits per heavy atom. The van der Waals surface area contributed by atoms with Crippen LogP contribution in [0.4, 0.5) is 0 Å². The van der Waals surface area contributed by atoms with E-state index in [0.717, 1.165) is 49.8 Å². The summed E-state index contributed by atoms with van der Waals surface area (Å²) in [6.45, 7) is 3.71. The van der Waals surface area contributed by atoms with Crippen molar-refractivity contribution < 1.29 is 14.6 Å². The SMILES string of the molecule is COc1ccc2c3c(n(C)c2c1)[C@H](CO)N(CC1CC1)CC31CN(C(=O)CC2CC2)C1. The van der Waals surface area contributed by atoms with Crippen LogP contribution in [-0.2, 0) is 17.3 Å². The van der Waals surface area contributed by atoms with Crippen LogP contribution in [0.5, 0.6) is 5.75 Å². The average Bonchev–Trinajstić information content (AvgIpc) is 3.67. The van der Waals surface area contributed by atoms with Crippen molar-refractivity contribution in [1.29, 1.82) is 0 Å². The first-order chi connectivity index (χ1) is 15.0. The highest BCUT2D eigenvalue weighted by molar-refractivity contribution is 5.89. The minimum atomic E-state index is -0.0385. The van der Waals surface area contributed by atoms with E-state index in [4.69, 9.17) is 4.74 Å². The van der Waals surface area contributed by atoms with Gasteiger partial charge in [-0.25, -0.2) is 0 Å². The maximum absolute atomic E-state index is 12.8. The van der Waals surface area contributed by atoms with Crippen molar-refractivity contribution in [1.82, 2.24) is 14.4 Å². The van der Waals surface area contributed by atoms with Crippen LogP contribution in [0.2, 0.25) is 0 Å². The van der Waals surface area contributed by atoms with Crippen molar-refractivity contribution in [3.05, 3.63) is 29.5 Å². The molecule has 3 heterocycles. The summed E-state index contributed by atoms with van der Waals surface area (Å²) in [5.41, 5.74) is 3.70. The molecule has 1 N–H and O–H groups in total. The van der Waals surface area contributed by atoms with Crippen LogP contribution in [0.25, 0.3) is 10.9 Å². The predicted molar refractivity (Wildman–Crippen MR) is 119 cm³/mol. The summed E-state index contributed by atoms with van der Waals surface area (Å²) in [5, 5.41) is 11.7. The molecule has 1 saturated heterocycles. The largest absolute Gasteiger partial charge is 0.497 e. The molecule has 6 rings (SSSR count).